The smallest absolute Gasteiger partial charge is 0.401 e. The van der Waals surface area contributed by atoms with Crippen molar-refractivity contribution in [3.05, 3.63) is 23.7 Å². The number of aryl methyl sites for hydroxylation is 1. The highest BCUT2D eigenvalue weighted by Gasteiger charge is 2.53. The molecule has 2 nitrogen and oxygen atoms in total. The Morgan fingerprint density at radius 3 is 2.13 bits per heavy atom. The molecular weight excluding hydrogens is 209 g/mol. The topological polar surface area (TPSA) is 30.2 Å². The van der Waals surface area contributed by atoms with Gasteiger partial charge in [0.1, 0.15) is 11.7 Å². The highest BCUT2D eigenvalue weighted by molar-refractivity contribution is 6.01. The van der Waals surface area contributed by atoms with E-state index < -0.39 is 17.4 Å². The Bertz CT molecular complexity index is 374. The first-order chi connectivity index (χ1) is 6.68. The third-order valence-corrected chi connectivity index (χ3v) is 2.38. The van der Waals surface area contributed by atoms with Crippen LogP contribution in [-0.4, -0.2) is 12.0 Å². The first-order valence-electron chi connectivity index (χ1n) is 4.32. The largest absolute Gasteiger partial charge is 0.472 e. The summed E-state index contributed by atoms with van der Waals surface area (Å²) >= 11 is 0. The van der Waals surface area contributed by atoms with Gasteiger partial charge in [0.15, 0.2) is 5.78 Å². The van der Waals surface area contributed by atoms with E-state index in [1.54, 1.807) is 0 Å². The summed E-state index contributed by atoms with van der Waals surface area (Å²) in [6.45, 7) is 3.26. The molecule has 0 atom stereocenters. The minimum Gasteiger partial charge on any atom is -0.472 e. The summed E-state index contributed by atoms with van der Waals surface area (Å²) in [5.41, 5.74) is -1.99. The van der Waals surface area contributed by atoms with Gasteiger partial charge in [-0.05, 0) is 26.3 Å². The van der Waals surface area contributed by atoms with E-state index in [4.69, 9.17) is 0 Å². The summed E-state index contributed by atoms with van der Waals surface area (Å²) in [5.74, 6) is -0.971. The van der Waals surface area contributed by atoms with Crippen LogP contribution in [0.15, 0.2) is 16.9 Å². The lowest BCUT2D eigenvalue weighted by Gasteiger charge is -2.25. The third kappa shape index (κ3) is 1.91. The second-order valence-corrected chi connectivity index (χ2v) is 3.92. The van der Waals surface area contributed by atoms with Gasteiger partial charge in [-0.1, -0.05) is 0 Å². The number of ketones is 1. The van der Waals surface area contributed by atoms with Gasteiger partial charge in [-0.25, -0.2) is 0 Å². The van der Waals surface area contributed by atoms with Gasteiger partial charge in [0.2, 0.25) is 0 Å². The number of carbonyl (C=O) groups is 1. The second-order valence-electron chi connectivity index (χ2n) is 3.92. The SMILES string of the molecule is Cc1cocc1C(=O)C(C)(C)C(F)(F)F. The van der Waals surface area contributed by atoms with E-state index >= 15 is 0 Å². The summed E-state index contributed by atoms with van der Waals surface area (Å²) in [5, 5.41) is 0. The van der Waals surface area contributed by atoms with Crippen molar-refractivity contribution in [3.63, 3.8) is 0 Å². The Morgan fingerprint density at radius 1 is 1.27 bits per heavy atom. The van der Waals surface area contributed by atoms with Gasteiger partial charge in [-0.15, -0.1) is 0 Å². The monoisotopic (exact) mass is 220 g/mol. The number of rotatable bonds is 2. The van der Waals surface area contributed by atoms with Crippen molar-refractivity contribution in [2.24, 2.45) is 5.41 Å². The fourth-order valence-electron chi connectivity index (χ4n) is 1.06. The predicted octanol–water partition coefficient (Wildman–Crippen LogP) is 3.36. The van der Waals surface area contributed by atoms with E-state index in [2.05, 4.69) is 4.42 Å². The number of halogens is 3. The van der Waals surface area contributed by atoms with Crippen LogP contribution in [0.4, 0.5) is 13.2 Å². The lowest BCUT2D eigenvalue weighted by atomic mass is 9.83. The van der Waals surface area contributed by atoms with Crippen LogP contribution in [0.1, 0.15) is 29.8 Å². The first-order valence-corrected chi connectivity index (χ1v) is 4.32. The molecule has 84 valence electrons. The quantitative estimate of drug-likeness (QED) is 0.715. The highest BCUT2D eigenvalue weighted by Crippen LogP contribution is 2.40. The second kappa shape index (κ2) is 3.40. The molecule has 0 saturated heterocycles. The fraction of sp³-hybridized carbons (Fsp3) is 0.500. The van der Waals surface area contributed by atoms with Crippen LogP contribution < -0.4 is 0 Å². The molecule has 1 rings (SSSR count). The molecule has 0 fully saturated rings. The maximum Gasteiger partial charge on any atom is 0.401 e. The van der Waals surface area contributed by atoms with Crippen molar-refractivity contribution < 1.29 is 22.4 Å². The summed E-state index contributed by atoms with van der Waals surface area (Å²) in [6, 6.07) is 0. The minimum atomic E-state index is -4.56. The van der Waals surface area contributed by atoms with E-state index in [0.29, 0.717) is 5.56 Å². The van der Waals surface area contributed by atoms with E-state index in [-0.39, 0.29) is 5.56 Å². The molecule has 1 aromatic rings. The highest BCUT2D eigenvalue weighted by atomic mass is 19.4. The Balaban J connectivity index is 3.11. The summed E-state index contributed by atoms with van der Waals surface area (Å²) in [4.78, 5) is 11.6. The zero-order chi connectivity index (χ0) is 11.9. The molecular formula is C10H11F3O2. The lowest BCUT2D eigenvalue weighted by molar-refractivity contribution is -0.192. The van der Waals surface area contributed by atoms with Crippen LogP contribution in [0.25, 0.3) is 0 Å². The van der Waals surface area contributed by atoms with Crippen molar-refractivity contribution in [2.75, 3.05) is 0 Å². The summed E-state index contributed by atoms with van der Waals surface area (Å²) in [7, 11) is 0. The molecule has 0 amide bonds. The normalized spacial score (nSPS) is 12.9. The number of hydrogen-bond acceptors (Lipinski definition) is 2. The van der Waals surface area contributed by atoms with E-state index in [1.807, 2.05) is 0 Å². The van der Waals surface area contributed by atoms with Crippen molar-refractivity contribution in [2.45, 2.75) is 26.9 Å². The van der Waals surface area contributed by atoms with Crippen LogP contribution in [0.2, 0.25) is 0 Å². The van der Waals surface area contributed by atoms with Crippen LogP contribution in [0.5, 0.6) is 0 Å². The maximum atomic E-state index is 12.6. The number of hydrogen-bond donors (Lipinski definition) is 0. The van der Waals surface area contributed by atoms with Gasteiger partial charge in [0.05, 0.1) is 11.8 Å². The van der Waals surface area contributed by atoms with Gasteiger partial charge in [0, 0.05) is 0 Å². The van der Waals surface area contributed by atoms with Gasteiger partial charge in [-0.3, -0.25) is 4.79 Å². The summed E-state index contributed by atoms with van der Waals surface area (Å²) < 4.78 is 42.4. The Hall–Kier alpha value is -1.26. The van der Waals surface area contributed by atoms with Crippen LogP contribution >= 0.6 is 0 Å². The molecule has 0 N–H and O–H groups in total. The van der Waals surface area contributed by atoms with Gasteiger partial charge < -0.3 is 4.42 Å². The zero-order valence-corrected chi connectivity index (χ0v) is 8.61. The molecule has 0 spiro atoms. The molecule has 15 heavy (non-hydrogen) atoms. The first kappa shape index (κ1) is 11.8. The molecule has 0 aliphatic rings. The van der Waals surface area contributed by atoms with Crippen LogP contribution in [0.3, 0.4) is 0 Å². The van der Waals surface area contributed by atoms with Crippen molar-refractivity contribution in [3.8, 4) is 0 Å². The maximum absolute atomic E-state index is 12.6. The van der Waals surface area contributed by atoms with Crippen LogP contribution in [-0.2, 0) is 0 Å². The standard InChI is InChI=1S/C10H11F3O2/c1-6-4-15-5-7(6)8(14)9(2,3)10(11,12)13/h4-5H,1-3H3. The summed E-state index contributed by atoms with van der Waals surface area (Å²) in [6.07, 6.45) is -2.27. The van der Waals surface area contributed by atoms with Crippen LogP contribution in [0, 0.1) is 12.3 Å². The van der Waals surface area contributed by atoms with E-state index in [0.717, 1.165) is 20.1 Å². The van der Waals surface area contributed by atoms with Gasteiger partial charge >= 0.3 is 6.18 Å². The number of alkyl halides is 3. The molecule has 5 heteroatoms. The lowest BCUT2D eigenvalue weighted by Crippen LogP contribution is -2.39. The molecule has 0 unspecified atom stereocenters. The third-order valence-electron chi connectivity index (χ3n) is 2.38. The van der Waals surface area contributed by atoms with Crippen molar-refractivity contribution in [1.82, 2.24) is 0 Å². The average molecular weight is 220 g/mol. The van der Waals surface area contributed by atoms with Crippen molar-refractivity contribution in [1.29, 1.82) is 0 Å². The Labute approximate surface area is 85.1 Å². The van der Waals surface area contributed by atoms with E-state index in [9.17, 15) is 18.0 Å². The van der Waals surface area contributed by atoms with Gasteiger partial charge in [-0.2, -0.15) is 13.2 Å². The fourth-order valence-corrected chi connectivity index (χ4v) is 1.06. The number of Topliss-reactive ketones (excluding diaryl/α,β-unsaturated/α-hetero) is 1. The average Bonchev–Trinajstić information content (AvgIpc) is 2.48. The molecule has 1 heterocycles. The molecule has 0 aromatic carbocycles. The predicted molar refractivity (Wildman–Crippen MR) is 47.6 cm³/mol. The van der Waals surface area contributed by atoms with Gasteiger partial charge in [0.25, 0.3) is 0 Å². The molecule has 0 radical (unpaired) electrons. The molecule has 0 bridgehead atoms. The Kier molecular flexibility index (Phi) is 2.67. The minimum absolute atomic E-state index is 0.0164. The molecule has 1 aromatic heterocycles. The number of carbonyl (C=O) groups excluding carboxylic acids is 1. The Morgan fingerprint density at radius 2 is 1.80 bits per heavy atom. The zero-order valence-electron chi connectivity index (χ0n) is 8.61. The number of furan rings is 1. The molecule has 0 saturated carbocycles. The van der Waals surface area contributed by atoms with E-state index in [1.165, 1.54) is 13.2 Å². The molecule has 0 aliphatic heterocycles. The molecule has 0 aliphatic carbocycles. The van der Waals surface area contributed by atoms with Crippen molar-refractivity contribution >= 4 is 5.78 Å².